The van der Waals surface area contributed by atoms with Gasteiger partial charge >= 0.3 is 0 Å². The van der Waals surface area contributed by atoms with Gasteiger partial charge in [-0.05, 0) is 49.6 Å². The van der Waals surface area contributed by atoms with Gasteiger partial charge in [-0.2, -0.15) is 0 Å². The fraction of sp³-hybridized carbons (Fsp3) is 0.522. The SMILES string of the molecule is CO[C@H]1CN(c2cc(Cl)ccn2)CCC1N1C[C@H](C)OC[C@@H]1Cc1ccc(Cl)cc1. The third-order valence-corrected chi connectivity index (χ3v) is 6.67. The van der Waals surface area contributed by atoms with Gasteiger partial charge in [-0.25, -0.2) is 4.98 Å². The average Bonchev–Trinajstić information content (AvgIpc) is 2.76. The number of halogens is 2. The summed E-state index contributed by atoms with van der Waals surface area (Å²) in [5.41, 5.74) is 1.28. The van der Waals surface area contributed by atoms with E-state index in [1.165, 1.54) is 5.56 Å². The van der Waals surface area contributed by atoms with Crippen molar-refractivity contribution in [2.75, 3.05) is 38.3 Å². The van der Waals surface area contributed by atoms with Crippen molar-refractivity contribution in [2.45, 2.75) is 44.1 Å². The molecule has 0 aliphatic carbocycles. The van der Waals surface area contributed by atoms with Gasteiger partial charge in [0, 0.05) is 55.1 Å². The summed E-state index contributed by atoms with van der Waals surface area (Å²) in [6.45, 7) is 5.53. The van der Waals surface area contributed by atoms with Crippen LogP contribution in [0.2, 0.25) is 10.0 Å². The Hall–Kier alpha value is -1.37. The number of benzene rings is 1. The second-order valence-corrected chi connectivity index (χ2v) is 9.11. The van der Waals surface area contributed by atoms with Crippen LogP contribution in [0.5, 0.6) is 0 Å². The smallest absolute Gasteiger partial charge is 0.130 e. The van der Waals surface area contributed by atoms with Gasteiger partial charge in [-0.1, -0.05) is 35.3 Å². The lowest BCUT2D eigenvalue weighted by Crippen LogP contribution is -2.62. The Labute approximate surface area is 188 Å². The summed E-state index contributed by atoms with van der Waals surface area (Å²) < 4.78 is 12.0. The van der Waals surface area contributed by atoms with Crippen molar-refractivity contribution in [1.29, 1.82) is 0 Å². The number of hydrogen-bond acceptors (Lipinski definition) is 5. The summed E-state index contributed by atoms with van der Waals surface area (Å²) in [7, 11) is 1.81. The van der Waals surface area contributed by atoms with Gasteiger partial charge < -0.3 is 14.4 Å². The predicted molar refractivity (Wildman–Crippen MR) is 122 cm³/mol. The number of morpholine rings is 1. The van der Waals surface area contributed by atoms with Crippen LogP contribution in [0.3, 0.4) is 0 Å². The minimum Gasteiger partial charge on any atom is -0.378 e. The normalized spacial score (nSPS) is 27.9. The van der Waals surface area contributed by atoms with E-state index in [2.05, 4.69) is 33.8 Å². The standard InChI is InChI=1S/C23H29Cl2N3O2/c1-16-13-28(20(15-30-16)11-17-3-5-18(24)6-4-17)21-8-10-27(14-22(21)29-2)23-12-19(25)7-9-26-23/h3-7,9,12,16,20-22H,8,10-11,13-15H2,1-2H3/t16-,20-,21?,22-/m0/s1. The van der Waals surface area contributed by atoms with E-state index in [-0.39, 0.29) is 12.2 Å². The molecule has 2 aromatic rings. The third kappa shape index (κ3) is 5.09. The van der Waals surface area contributed by atoms with E-state index in [0.717, 1.165) is 49.9 Å². The molecule has 3 heterocycles. The lowest BCUT2D eigenvalue weighted by atomic mass is 9.94. The monoisotopic (exact) mass is 449 g/mol. The maximum Gasteiger partial charge on any atom is 0.130 e. The molecule has 0 amide bonds. The van der Waals surface area contributed by atoms with Crippen LogP contribution < -0.4 is 4.90 Å². The van der Waals surface area contributed by atoms with Gasteiger partial charge in [0.25, 0.3) is 0 Å². The molecule has 0 radical (unpaired) electrons. The lowest BCUT2D eigenvalue weighted by molar-refractivity contribution is -0.101. The molecule has 4 rings (SSSR count). The maximum absolute atomic E-state index is 6.18. The molecule has 2 saturated heterocycles. The molecule has 5 nitrogen and oxygen atoms in total. The summed E-state index contributed by atoms with van der Waals surface area (Å²) in [5, 5.41) is 1.48. The van der Waals surface area contributed by atoms with E-state index in [0.29, 0.717) is 17.1 Å². The first kappa shape index (κ1) is 21.8. The van der Waals surface area contributed by atoms with E-state index >= 15 is 0 Å². The van der Waals surface area contributed by atoms with Crippen molar-refractivity contribution < 1.29 is 9.47 Å². The molecule has 1 aromatic heterocycles. The number of methoxy groups -OCH3 is 1. The highest BCUT2D eigenvalue weighted by atomic mass is 35.5. The Kier molecular flexibility index (Phi) is 7.16. The van der Waals surface area contributed by atoms with Crippen LogP contribution in [0.25, 0.3) is 0 Å². The van der Waals surface area contributed by atoms with Gasteiger partial charge in [0.15, 0.2) is 0 Å². The van der Waals surface area contributed by atoms with Crippen molar-refractivity contribution in [3.63, 3.8) is 0 Å². The Bertz CT molecular complexity index is 835. The molecule has 2 aliphatic rings. The first-order valence-corrected chi connectivity index (χ1v) is 11.3. The highest BCUT2D eigenvalue weighted by molar-refractivity contribution is 6.31. The van der Waals surface area contributed by atoms with Gasteiger partial charge in [0.1, 0.15) is 5.82 Å². The number of rotatable bonds is 5. The molecule has 0 bridgehead atoms. The zero-order valence-corrected chi connectivity index (χ0v) is 19.0. The van der Waals surface area contributed by atoms with Crippen molar-refractivity contribution in [3.8, 4) is 0 Å². The average molecular weight is 450 g/mol. The largest absolute Gasteiger partial charge is 0.378 e. The number of ether oxygens (including phenoxy) is 2. The third-order valence-electron chi connectivity index (χ3n) is 6.18. The van der Waals surface area contributed by atoms with E-state index in [9.17, 15) is 0 Å². The second kappa shape index (κ2) is 9.84. The van der Waals surface area contributed by atoms with Crippen LogP contribution in [-0.4, -0.2) is 67.5 Å². The van der Waals surface area contributed by atoms with Crippen LogP contribution in [-0.2, 0) is 15.9 Å². The van der Waals surface area contributed by atoms with Crippen LogP contribution in [0, 0.1) is 0 Å². The highest BCUT2D eigenvalue weighted by Gasteiger charge is 2.39. The summed E-state index contributed by atoms with van der Waals surface area (Å²) in [4.78, 5) is 9.38. The quantitative estimate of drug-likeness (QED) is 0.679. The molecule has 4 atom stereocenters. The highest BCUT2D eigenvalue weighted by Crippen LogP contribution is 2.29. The Morgan fingerprint density at radius 3 is 2.67 bits per heavy atom. The fourth-order valence-corrected chi connectivity index (χ4v) is 4.91. The second-order valence-electron chi connectivity index (χ2n) is 8.23. The number of pyridine rings is 1. The molecule has 0 N–H and O–H groups in total. The number of nitrogens with zero attached hydrogens (tertiary/aromatic N) is 3. The van der Waals surface area contributed by atoms with Crippen LogP contribution in [0.15, 0.2) is 42.6 Å². The van der Waals surface area contributed by atoms with Crippen molar-refractivity contribution in [3.05, 3.63) is 58.2 Å². The predicted octanol–water partition coefficient (Wildman–Crippen LogP) is 4.31. The first-order valence-electron chi connectivity index (χ1n) is 10.5. The zero-order chi connectivity index (χ0) is 21.1. The van der Waals surface area contributed by atoms with Crippen LogP contribution >= 0.6 is 23.2 Å². The van der Waals surface area contributed by atoms with Crippen molar-refractivity contribution in [1.82, 2.24) is 9.88 Å². The Morgan fingerprint density at radius 2 is 1.93 bits per heavy atom. The van der Waals surface area contributed by atoms with E-state index in [1.807, 2.05) is 31.4 Å². The summed E-state index contributed by atoms with van der Waals surface area (Å²) in [6.07, 6.45) is 4.03. The minimum atomic E-state index is 0.0950. The molecule has 2 aliphatic heterocycles. The number of anilines is 1. The molecule has 30 heavy (non-hydrogen) atoms. The molecule has 0 spiro atoms. The summed E-state index contributed by atoms with van der Waals surface area (Å²) in [5.74, 6) is 0.913. The van der Waals surface area contributed by atoms with Gasteiger partial charge in [-0.15, -0.1) is 0 Å². The molecule has 0 saturated carbocycles. The van der Waals surface area contributed by atoms with E-state index < -0.39 is 0 Å². The van der Waals surface area contributed by atoms with Crippen molar-refractivity contribution >= 4 is 29.0 Å². The van der Waals surface area contributed by atoms with Gasteiger partial charge in [-0.3, -0.25) is 4.90 Å². The Morgan fingerprint density at radius 1 is 1.13 bits per heavy atom. The molecule has 1 aromatic carbocycles. The Balaban J connectivity index is 1.49. The lowest BCUT2D eigenvalue weighted by Gasteiger charge is -2.49. The van der Waals surface area contributed by atoms with E-state index in [4.69, 9.17) is 32.7 Å². The molecular weight excluding hydrogens is 421 g/mol. The van der Waals surface area contributed by atoms with Gasteiger partial charge in [0.05, 0.1) is 18.8 Å². The van der Waals surface area contributed by atoms with E-state index in [1.54, 1.807) is 6.20 Å². The van der Waals surface area contributed by atoms with Crippen LogP contribution in [0.1, 0.15) is 18.9 Å². The maximum atomic E-state index is 6.18. The fourth-order valence-electron chi connectivity index (χ4n) is 4.63. The van der Waals surface area contributed by atoms with Gasteiger partial charge in [0.2, 0.25) is 0 Å². The molecule has 1 unspecified atom stereocenters. The minimum absolute atomic E-state index is 0.0950. The zero-order valence-electron chi connectivity index (χ0n) is 17.5. The number of hydrogen-bond donors (Lipinski definition) is 0. The topological polar surface area (TPSA) is 37.8 Å². The summed E-state index contributed by atoms with van der Waals surface area (Å²) >= 11 is 12.2. The number of piperidine rings is 1. The molecule has 162 valence electrons. The van der Waals surface area contributed by atoms with Crippen LogP contribution in [0.4, 0.5) is 5.82 Å². The number of aromatic nitrogens is 1. The molecule has 7 heteroatoms. The summed E-state index contributed by atoms with van der Waals surface area (Å²) in [6, 6.07) is 12.5. The molecule has 2 fully saturated rings. The molecular formula is C23H29Cl2N3O2. The van der Waals surface area contributed by atoms with Crippen molar-refractivity contribution in [2.24, 2.45) is 0 Å². The first-order chi connectivity index (χ1) is 14.5.